The van der Waals surface area contributed by atoms with Crippen molar-refractivity contribution in [1.29, 1.82) is 0 Å². The van der Waals surface area contributed by atoms with Crippen LogP contribution in [0.4, 0.5) is 5.82 Å². The largest absolute Gasteiger partial charge is 0.393 e. The first kappa shape index (κ1) is 15.0. The Bertz CT molecular complexity index is 639. The van der Waals surface area contributed by atoms with E-state index in [1.807, 2.05) is 17.5 Å². The molecule has 5 nitrogen and oxygen atoms in total. The minimum Gasteiger partial charge on any atom is -0.393 e. The molecule has 0 spiro atoms. The van der Waals surface area contributed by atoms with Gasteiger partial charge in [-0.1, -0.05) is 6.07 Å². The lowest BCUT2D eigenvalue weighted by molar-refractivity contribution is 0.0241. The van der Waals surface area contributed by atoms with Crippen molar-refractivity contribution < 1.29 is 9.90 Å². The summed E-state index contributed by atoms with van der Waals surface area (Å²) in [5.41, 5.74) is 0.534. The van der Waals surface area contributed by atoms with E-state index in [0.717, 1.165) is 17.7 Å². The second-order valence-corrected chi connectivity index (χ2v) is 6.48. The number of aliphatic hydroxyl groups is 1. The molecule has 0 bridgehead atoms. The Morgan fingerprint density at radius 3 is 2.86 bits per heavy atom. The third-order valence-corrected chi connectivity index (χ3v) is 5.00. The summed E-state index contributed by atoms with van der Waals surface area (Å²) in [6.07, 6.45) is 2.88. The lowest BCUT2D eigenvalue weighted by atomic mass is 9.76. The highest BCUT2D eigenvalue weighted by atomic mass is 32.1. The molecule has 1 unspecified atom stereocenters. The third kappa shape index (κ3) is 2.98. The summed E-state index contributed by atoms with van der Waals surface area (Å²) in [5, 5.41) is 17.6. The number of nitrogens with zero attached hydrogens (tertiary/aromatic N) is 1. The summed E-state index contributed by atoms with van der Waals surface area (Å²) in [6.45, 7) is 0. The third-order valence-electron chi connectivity index (χ3n) is 4.05. The lowest BCUT2D eigenvalue weighted by Gasteiger charge is -2.37. The highest BCUT2D eigenvalue weighted by Gasteiger charge is 2.36. The molecule has 1 saturated carbocycles. The van der Waals surface area contributed by atoms with Gasteiger partial charge in [-0.25, -0.2) is 4.98 Å². The second kappa shape index (κ2) is 6.46. The van der Waals surface area contributed by atoms with Crippen molar-refractivity contribution in [2.75, 3.05) is 12.4 Å². The van der Waals surface area contributed by atoms with Crippen LogP contribution >= 0.6 is 11.3 Å². The zero-order valence-corrected chi connectivity index (χ0v) is 13.1. The van der Waals surface area contributed by atoms with E-state index in [1.54, 1.807) is 36.7 Å². The smallest absolute Gasteiger partial charge is 0.255 e. The van der Waals surface area contributed by atoms with E-state index in [-0.39, 0.29) is 24.0 Å². The molecule has 2 aromatic rings. The van der Waals surface area contributed by atoms with Gasteiger partial charge in [0, 0.05) is 18.1 Å². The highest BCUT2D eigenvalue weighted by molar-refractivity contribution is 7.10. The Morgan fingerprint density at radius 2 is 2.23 bits per heavy atom. The molecule has 2 aromatic heterocycles. The van der Waals surface area contributed by atoms with Crippen molar-refractivity contribution in [1.82, 2.24) is 10.3 Å². The first-order valence-corrected chi connectivity index (χ1v) is 8.22. The predicted molar refractivity (Wildman–Crippen MR) is 87.0 cm³/mol. The van der Waals surface area contributed by atoms with Gasteiger partial charge in [0.1, 0.15) is 5.82 Å². The predicted octanol–water partition coefficient (Wildman–Crippen LogP) is 2.43. The maximum Gasteiger partial charge on any atom is 0.255 e. The Hall–Kier alpha value is -1.92. The molecule has 1 fully saturated rings. The summed E-state index contributed by atoms with van der Waals surface area (Å²) in [5.74, 6) is 0.711. The van der Waals surface area contributed by atoms with Crippen LogP contribution in [0.2, 0.25) is 0 Å². The van der Waals surface area contributed by atoms with E-state index in [4.69, 9.17) is 0 Å². The van der Waals surface area contributed by atoms with Crippen LogP contribution in [0.5, 0.6) is 0 Å². The molecule has 0 radical (unpaired) electrons. The Kier molecular flexibility index (Phi) is 4.40. The molecule has 0 aliphatic heterocycles. The number of rotatable bonds is 5. The molecule has 6 heteroatoms. The molecule has 1 amide bonds. The van der Waals surface area contributed by atoms with Crippen molar-refractivity contribution in [3.8, 4) is 0 Å². The Balaban J connectivity index is 1.80. The topological polar surface area (TPSA) is 74.2 Å². The van der Waals surface area contributed by atoms with Crippen LogP contribution in [0, 0.1) is 5.92 Å². The van der Waals surface area contributed by atoms with E-state index in [2.05, 4.69) is 15.6 Å². The van der Waals surface area contributed by atoms with Gasteiger partial charge in [-0.15, -0.1) is 11.3 Å². The molecule has 3 N–H and O–H groups in total. The first-order chi connectivity index (χ1) is 10.7. The minimum absolute atomic E-state index is 0.0548. The van der Waals surface area contributed by atoms with Gasteiger partial charge in [0.2, 0.25) is 0 Å². The van der Waals surface area contributed by atoms with Gasteiger partial charge >= 0.3 is 0 Å². The number of thiophene rings is 1. The number of nitrogens with one attached hydrogen (secondary N) is 2. The van der Waals surface area contributed by atoms with E-state index in [0.29, 0.717) is 11.4 Å². The molecule has 0 aromatic carbocycles. The van der Waals surface area contributed by atoms with Crippen LogP contribution < -0.4 is 10.6 Å². The van der Waals surface area contributed by atoms with Crippen molar-refractivity contribution in [3.63, 3.8) is 0 Å². The number of aromatic nitrogens is 1. The average Bonchev–Trinajstić information content (AvgIpc) is 3.03. The normalized spacial score (nSPS) is 21.7. The molecule has 3 rings (SSSR count). The number of amides is 1. The van der Waals surface area contributed by atoms with Crippen molar-refractivity contribution >= 4 is 23.1 Å². The fourth-order valence-corrected chi connectivity index (χ4v) is 3.67. The summed E-state index contributed by atoms with van der Waals surface area (Å²) in [6, 6.07) is 7.47. The molecular formula is C16H19N3O2S. The van der Waals surface area contributed by atoms with Crippen molar-refractivity contribution in [2.24, 2.45) is 5.92 Å². The molecule has 0 saturated heterocycles. The molecule has 1 aliphatic rings. The fourth-order valence-electron chi connectivity index (χ4n) is 2.80. The van der Waals surface area contributed by atoms with Crippen LogP contribution in [0.25, 0.3) is 0 Å². The molecular weight excluding hydrogens is 298 g/mol. The first-order valence-electron chi connectivity index (χ1n) is 7.34. The van der Waals surface area contributed by atoms with Crippen LogP contribution in [0.1, 0.15) is 34.1 Å². The molecule has 1 aliphatic carbocycles. The Labute approximate surface area is 133 Å². The fraction of sp³-hybridized carbons (Fsp3) is 0.375. The van der Waals surface area contributed by atoms with Crippen LogP contribution in [-0.4, -0.2) is 29.1 Å². The number of hydrogen-bond acceptors (Lipinski definition) is 5. The van der Waals surface area contributed by atoms with Crippen molar-refractivity contribution in [3.05, 3.63) is 46.3 Å². The van der Waals surface area contributed by atoms with E-state index < -0.39 is 0 Å². The maximum atomic E-state index is 12.6. The standard InChI is InChI=1S/C16H19N3O2S/c1-17-15-12(4-2-6-18-15)16(21)19-14(10-8-11(20)9-10)13-5-3-7-22-13/h2-7,10-11,14,20H,8-9H2,1H3,(H,17,18)(H,19,21). The minimum atomic E-state index is -0.240. The molecule has 2 heterocycles. The van der Waals surface area contributed by atoms with E-state index in [1.165, 1.54) is 0 Å². The number of carbonyl (C=O) groups is 1. The SMILES string of the molecule is CNc1ncccc1C(=O)NC(c1cccs1)C1CC(O)C1. The number of aliphatic hydroxyl groups excluding tert-OH is 1. The van der Waals surface area contributed by atoms with Gasteiger partial charge in [0.15, 0.2) is 0 Å². The van der Waals surface area contributed by atoms with Crippen molar-refractivity contribution in [2.45, 2.75) is 25.0 Å². The van der Waals surface area contributed by atoms with Crippen LogP contribution in [0.3, 0.4) is 0 Å². The number of pyridine rings is 1. The van der Waals surface area contributed by atoms with Gasteiger partial charge in [0.05, 0.1) is 17.7 Å². The summed E-state index contributed by atoms with van der Waals surface area (Å²) in [7, 11) is 1.75. The van der Waals surface area contributed by atoms with E-state index >= 15 is 0 Å². The number of anilines is 1. The van der Waals surface area contributed by atoms with E-state index in [9.17, 15) is 9.90 Å². The lowest BCUT2D eigenvalue weighted by Crippen LogP contribution is -2.41. The number of hydrogen-bond donors (Lipinski definition) is 3. The monoisotopic (exact) mass is 317 g/mol. The zero-order chi connectivity index (χ0) is 15.5. The quantitative estimate of drug-likeness (QED) is 0.792. The molecule has 22 heavy (non-hydrogen) atoms. The maximum absolute atomic E-state index is 12.6. The summed E-state index contributed by atoms with van der Waals surface area (Å²) < 4.78 is 0. The van der Waals surface area contributed by atoms with Crippen LogP contribution in [0.15, 0.2) is 35.8 Å². The van der Waals surface area contributed by atoms with Gasteiger partial charge in [-0.2, -0.15) is 0 Å². The molecule has 1 atom stereocenters. The Morgan fingerprint density at radius 1 is 1.41 bits per heavy atom. The highest BCUT2D eigenvalue weighted by Crippen LogP contribution is 2.39. The van der Waals surface area contributed by atoms with Gasteiger partial charge in [0.25, 0.3) is 5.91 Å². The number of carbonyl (C=O) groups excluding carboxylic acids is 1. The van der Waals surface area contributed by atoms with Gasteiger partial charge in [-0.3, -0.25) is 4.79 Å². The molecule has 116 valence electrons. The second-order valence-electron chi connectivity index (χ2n) is 5.50. The summed E-state index contributed by atoms with van der Waals surface area (Å²) >= 11 is 1.63. The van der Waals surface area contributed by atoms with Gasteiger partial charge in [-0.05, 0) is 42.3 Å². The summed E-state index contributed by atoms with van der Waals surface area (Å²) in [4.78, 5) is 17.9. The van der Waals surface area contributed by atoms with Crippen LogP contribution in [-0.2, 0) is 0 Å². The zero-order valence-electron chi connectivity index (χ0n) is 12.3. The van der Waals surface area contributed by atoms with Gasteiger partial charge < -0.3 is 15.7 Å². The average molecular weight is 317 g/mol.